The molecule has 3 aromatic rings. The minimum atomic E-state index is -3.88. The van der Waals surface area contributed by atoms with Gasteiger partial charge in [0.1, 0.15) is 5.75 Å². The lowest BCUT2D eigenvalue weighted by molar-refractivity contribution is 0.0935. The van der Waals surface area contributed by atoms with Gasteiger partial charge in [-0.25, -0.2) is 8.42 Å². The van der Waals surface area contributed by atoms with Crippen molar-refractivity contribution in [3.8, 4) is 5.75 Å². The van der Waals surface area contributed by atoms with Gasteiger partial charge in [-0.15, -0.1) is 0 Å². The van der Waals surface area contributed by atoms with E-state index in [1.54, 1.807) is 32.2 Å². The van der Waals surface area contributed by atoms with Crippen LogP contribution < -0.4 is 14.8 Å². The molecule has 0 aromatic heterocycles. The first-order chi connectivity index (χ1) is 16.1. The van der Waals surface area contributed by atoms with E-state index in [1.165, 1.54) is 6.07 Å². The molecule has 2 N–H and O–H groups in total. The molecule has 34 heavy (non-hydrogen) atoms. The second kappa shape index (κ2) is 10.3. The van der Waals surface area contributed by atoms with E-state index in [-0.39, 0.29) is 22.4 Å². The highest BCUT2D eigenvalue weighted by Crippen LogP contribution is 2.26. The van der Waals surface area contributed by atoms with Crippen LogP contribution in [0.1, 0.15) is 57.6 Å². The van der Waals surface area contributed by atoms with Crippen LogP contribution in [0.2, 0.25) is 0 Å². The van der Waals surface area contributed by atoms with Gasteiger partial charge in [-0.2, -0.15) is 0 Å². The molecule has 0 radical (unpaired) electrons. The van der Waals surface area contributed by atoms with Crippen molar-refractivity contribution in [2.45, 2.75) is 52.0 Å². The Hall–Kier alpha value is -3.32. The highest BCUT2D eigenvalue weighted by atomic mass is 32.2. The third-order valence-electron chi connectivity index (χ3n) is 5.90. The second-order valence-corrected chi connectivity index (χ2v) is 10.2. The summed E-state index contributed by atoms with van der Waals surface area (Å²) < 4.78 is 34.3. The smallest absolute Gasteiger partial charge is 0.262 e. The van der Waals surface area contributed by atoms with Gasteiger partial charge < -0.3 is 10.1 Å². The number of carbonyl (C=O) groups excluding carboxylic acids is 1. The summed E-state index contributed by atoms with van der Waals surface area (Å²) in [6, 6.07) is 15.8. The average molecular weight is 481 g/mol. The van der Waals surface area contributed by atoms with Crippen molar-refractivity contribution in [3.63, 3.8) is 0 Å². The van der Waals surface area contributed by atoms with Crippen LogP contribution >= 0.6 is 0 Å². The van der Waals surface area contributed by atoms with E-state index in [4.69, 9.17) is 4.74 Å². The fraction of sp³-hybridized carbons (Fsp3) is 0.296. The number of anilines is 1. The molecule has 0 aliphatic heterocycles. The molecule has 180 valence electrons. The van der Waals surface area contributed by atoms with E-state index >= 15 is 0 Å². The molecule has 1 atom stereocenters. The molecular weight excluding hydrogens is 448 g/mol. The number of carbonyl (C=O) groups is 1. The van der Waals surface area contributed by atoms with Gasteiger partial charge in [-0.05, 0) is 80.6 Å². The summed E-state index contributed by atoms with van der Waals surface area (Å²) in [5.74, 6) is 0.456. The Bertz CT molecular complexity index is 1320. The zero-order valence-electron chi connectivity index (χ0n) is 20.5. The number of benzene rings is 3. The number of nitrogens with one attached hydrogen (secondary N) is 2. The Morgan fingerprint density at radius 1 is 0.912 bits per heavy atom. The minimum Gasteiger partial charge on any atom is -0.496 e. The van der Waals surface area contributed by atoms with Crippen LogP contribution in [0, 0.1) is 27.7 Å². The molecule has 6 nitrogen and oxygen atoms in total. The van der Waals surface area contributed by atoms with Crippen LogP contribution in [0.25, 0.3) is 0 Å². The van der Waals surface area contributed by atoms with Crippen LogP contribution in [0.15, 0.2) is 59.5 Å². The van der Waals surface area contributed by atoms with Gasteiger partial charge in [0, 0.05) is 5.56 Å². The number of rotatable bonds is 8. The Kier molecular flexibility index (Phi) is 7.67. The molecular formula is C27H32N2O4S. The number of methoxy groups -OCH3 is 1. The molecule has 0 saturated heterocycles. The van der Waals surface area contributed by atoms with Gasteiger partial charge in [0.15, 0.2) is 0 Å². The molecule has 3 aromatic carbocycles. The van der Waals surface area contributed by atoms with Gasteiger partial charge in [-0.3, -0.25) is 9.52 Å². The fourth-order valence-electron chi connectivity index (χ4n) is 3.94. The van der Waals surface area contributed by atoms with Crippen molar-refractivity contribution in [1.82, 2.24) is 5.32 Å². The van der Waals surface area contributed by atoms with Gasteiger partial charge in [0.25, 0.3) is 15.9 Å². The van der Waals surface area contributed by atoms with Crippen LogP contribution in [0.5, 0.6) is 5.75 Å². The number of sulfonamides is 1. The van der Waals surface area contributed by atoms with Crippen LogP contribution in [0.3, 0.4) is 0 Å². The third kappa shape index (κ3) is 5.59. The molecule has 1 amide bonds. The maximum atomic E-state index is 13.2. The first-order valence-corrected chi connectivity index (χ1v) is 12.7. The van der Waals surface area contributed by atoms with Crippen LogP contribution in [-0.2, 0) is 10.0 Å². The van der Waals surface area contributed by atoms with Gasteiger partial charge >= 0.3 is 0 Å². The maximum Gasteiger partial charge on any atom is 0.262 e. The SMILES string of the molecule is CC[C@@H](NC(=O)c1ccc(C)c(S(=O)(=O)Nc2ccc(C)cc2C)c1)c1ccc(OC)c(C)c1. The van der Waals surface area contributed by atoms with Crippen molar-refractivity contribution < 1.29 is 17.9 Å². The van der Waals surface area contributed by atoms with Gasteiger partial charge in [-0.1, -0.05) is 42.8 Å². The van der Waals surface area contributed by atoms with Gasteiger partial charge in [0.05, 0.1) is 23.7 Å². The molecule has 0 fully saturated rings. The Morgan fingerprint density at radius 3 is 2.26 bits per heavy atom. The molecule has 0 aliphatic rings. The Balaban J connectivity index is 1.86. The molecule has 0 saturated carbocycles. The van der Waals surface area contributed by atoms with Crippen molar-refractivity contribution in [2.75, 3.05) is 11.8 Å². The van der Waals surface area contributed by atoms with Gasteiger partial charge in [0.2, 0.25) is 0 Å². The normalized spacial score (nSPS) is 12.2. The van der Waals surface area contributed by atoms with E-state index in [9.17, 15) is 13.2 Å². The molecule has 0 aliphatic carbocycles. The fourth-order valence-corrected chi connectivity index (χ4v) is 5.34. The average Bonchev–Trinajstić information content (AvgIpc) is 2.79. The summed E-state index contributed by atoms with van der Waals surface area (Å²) in [6.45, 7) is 9.47. The highest BCUT2D eigenvalue weighted by Gasteiger charge is 2.21. The van der Waals surface area contributed by atoms with Crippen molar-refractivity contribution >= 4 is 21.6 Å². The lowest BCUT2D eigenvalue weighted by Crippen LogP contribution is -2.28. The number of amides is 1. The molecule has 3 rings (SSSR count). The lowest BCUT2D eigenvalue weighted by Gasteiger charge is -2.19. The minimum absolute atomic E-state index is 0.0773. The summed E-state index contributed by atoms with van der Waals surface area (Å²) in [5, 5.41) is 3.03. The van der Waals surface area contributed by atoms with Crippen molar-refractivity contribution in [2.24, 2.45) is 0 Å². The molecule has 0 heterocycles. The van der Waals surface area contributed by atoms with Crippen LogP contribution in [-0.4, -0.2) is 21.4 Å². The first-order valence-electron chi connectivity index (χ1n) is 11.2. The second-order valence-electron chi connectivity index (χ2n) is 8.57. The summed E-state index contributed by atoms with van der Waals surface area (Å²) in [6.07, 6.45) is 0.683. The van der Waals surface area contributed by atoms with Crippen molar-refractivity contribution in [1.29, 1.82) is 0 Å². The monoisotopic (exact) mass is 480 g/mol. The summed E-state index contributed by atoms with van der Waals surface area (Å²) in [7, 11) is -2.25. The number of hydrogen-bond acceptors (Lipinski definition) is 4. The van der Waals surface area contributed by atoms with E-state index in [0.717, 1.165) is 28.0 Å². The molecule has 7 heteroatoms. The Morgan fingerprint density at radius 2 is 1.65 bits per heavy atom. The Labute approximate surface area is 202 Å². The van der Waals surface area contributed by atoms with Crippen molar-refractivity contribution in [3.05, 3.63) is 88.0 Å². The standard InChI is InChI=1S/C27H32N2O4S/c1-7-23(21-11-13-25(33-6)20(5)15-21)28-27(30)22-10-9-18(3)26(16-22)34(31,32)29-24-12-8-17(2)14-19(24)4/h8-16,23,29H,7H2,1-6H3,(H,28,30)/t23-/m1/s1. The highest BCUT2D eigenvalue weighted by molar-refractivity contribution is 7.92. The summed E-state index contributed by atoms with van der Waals surface area (Å²) in [4.78, 5) is 13.2. The summed E-state index contributed by atoms with van der Waals surface area (Å²) >= 11 is 0. The number of ether oxygens (including phenoxy) is 1. The summed E-state index contributed by atoms with van der Waals surface area (Å²) in [5.41, 5.74) is 5.19. The van der Waals surface area contributed by atoms with E-state index < -0.39 is 10.0 Å². The largest absolute Gasteiger partial charge is 0.496 e. The maximum absolute atomic E-state index is 13.2. The first kappa shape index (κ1) is 25.3. The zero-order chi connectivity index (χ0) is 25.0. The van der Waals surface area contributed by atoms with Crippen LogP contribution in [0.4, 0.5) is 5.69 Å². The molecule has 0 spiro atoms. The predicted octanol–water partition coefficient (Wildman–Crippen LogP) is 5.61. The number of hydrogen-bond donors (Lipinski definition) is 2. The van der Waals surface area contributed by atoms with E-state index in [0.29, 0.717) is 17.7 Å². The molecule has 0 unspecified atom stereocenters. The quantitative estimate of drug-likeness (QED) is 0.439. The third-order valence-corrected chi connectivity index (χ3v) is 7.41. The topological polar surface area (TPSA) is 84.5 Å². The zero-order valence-corrected chi connectivity index (χ0v) is 21.3. The number of aryl methyl sites for hydroxylation is 4. The lowest BCUT2D eigenvalue weighted by atomic mass is 10.0. The van der Waals surface area contributed by atoms with E-state index in [1.807, 2.05) is 58.0 Å². The molecule has 0 bridgehead atoms. The predicted molar refractivity (Wildman–Crippen MR) is 136 cm³/mol. The van der Waals surface area contributed by atoms with E-state index in [2.05, 4.69) is 10.0 Å².